The molecule has 0 aromatic heterocycles. The molecule has 1 amide bonds. The lowest BCUT2D eigenvalue weighted by Gasteiger charge is -2.17. The zero-order chi connectivity index (χ0) is 12.6. The van der Waals surface area contributed by atoms with Crippen molar-refractivity contribution in [3.8, 4) is 0 Å². The summed E-state index contributed by atoms with van der Waals surface area (Å²) in [7, 11) is -3.53. The van der Waals surface area contributed by atoms with Crippen molar-refractivity contribution in [2.75, 3.05) is 18.0 Å². The monoisotopic (exact) mass is 254 g/mol. The number of anilines is 1. The third-order valence-corrected chi connectivity index (χ3v) is 4.52. The summed E-state index contributed by atoms with van der Waals surface area (Å²) in [4.78, 5) is 13.5. The Morgan fingerprint density at radius 1 is 1.41 bits per heavy atom. The minimum Gasteiger partial charge on any atom is -0.399 e. The Kier molecular flexibility index (Phi) is 2.82. The Morgan fingerprint density at radius 2 is 2.12 bits per heavy atom. The maximum Gasteiger partial charge on any atom is 0.238 e. The van der Waals surface area contributed by atoms with Crippen molar-refractivity contribution >= 4 is 21.4 Å². The van der Waals surface area contributed by atoms with Gasteiger partial charge in [0.1, 0.15) is 5.75 Å². The van der Waals surface area contributed by atoms with Gasteiger partial charge in [-0.2, -0.15) is 0 Å². The van der Waals surface area contributed by atoms with Gasteiger partial charge in [-0.1, -0.05) is 0 Å². The van der Waals surface area contributed by atoms with Crippen LogP contribution in [0.15, 0.2) is 23.1 Å². The molecule has 0 atom stereocenters. The van der Waals surface area contributed by atoms with Crippen molar-refractivity contribution < 1.29 is 13.2 Å². The SMILES string of the molecule is CCN1Cc2cc(N)ccc2S(=O)(=O)CC1=O. The van der Waals surface area contributed by atoms with Crippen molar-refractivity contribution in [2.45, 2.75) is 18.4 Å². The lowest BCUT2D eigenvalue weighted by molar-refractivity contribution is -0.128. The van der Waals surface area contributed by atoms with Gasteiger partial charge >= 0.3 is 0 Å². The second kappa shape index (κ2) is 4.03. The highest BCUT2D eigenvalue weighted by Gasteiger charge is 2.29. The van der Waals surface area contributed by atoms with Gasteiger partial charge in [0.2, 0.25) is 5.91 Å². The van der Waals surface area contributed by atoms with Crippen LogP contribution in [0.5, 0.6) is 0 Å². The average Bonchev–Trinajstić information content (AvgIpc) is 2.32. The van der Waals surface area contributed by atoms with Crippen LogP contribution in [0.4, 0.5) is 5.69 Å². The Labute approximate surface area is 100 Å². The molecule has 0 spiro atoms. The molecule has 0 radical (unpaired) electrons. The van der Waals surface area contributed by atoms with Crippen molar-refractivity contribution in [1.29, 1.82) is 0 Å². The summed E-state index contributed by atoms with van der Waals surface area (Å²) >= 11 is 0. The highest BCUT2D eigenvalue weighted by molar-refractivity contribution is 7.92. The average molecular weight is 254 g/mol. The van der Waals surface area contributed by atoms with Crippen molar-refractivity contribution in [1.82, 2.24) is 4.90 Å². The van der Waals surface area contributed by atoms with Crippen LogP contribution in [0.2, 0.25) is 0 Å². The predicted molar refractivity (Wildman–Crippen MR) is 64.0 cm³/mol. The highest BCUT2D eigenvalue weighted by Crippen LogP contribution is 2.25. The molecule has 2 rings (SSSR count). The van der Waals surface area contributed by atoms with Crippen LogP contribution in [0, 0.1) is 0 Å². The summed E-state index contributed by atoms with van der Waals surface area (Å²) in [5.74, 6) is -0.820. The number of nitrogen functional groups attached to an aromatic ring is 1. The summed E-state index contributed by atoms with van der Waals surface area (Å²) in [5.41, 5.74) is 6.74. The van der Waals surface area contributed by atoms with Crippen LogP contribution in [0.25, 0.3) is 0 Å². The van der Waals surface area contributed by atoms with E-state index in [2.05, 4.69) is 0 Å². The number of rotatable bonds is 1. The van der Waals surface area contributed by atoms with E-state index in [0.717, 1.165) is 0 Å². The smallest absolute Gasteiger partial charge is 0.238 e. The molecule has 1 aromatic rings. The predicted octanol–water partition coefficient (Wildman–Crippen LogP) is 0.405. The van der Waals surface area contributed by atoms with E-state index in [9.17, 15) is 13.2 Å². The molecule has 0 unspecified atom stereocenters. The molecule has 6 heteroatoms. The van der Waals surface area contributed by atoms with Gasteiger partial charge in [0.05, 0.1) is 4.90 Å². The van der Waals surface area contributed by atoms with Gasteiger partial charge in [-0.05, 0) is 30.7 Å². The van der Waals surface area contributed by atoms with Crippen molar-refractivity contribution in [2.24, 2.45) is 0 Å². The number of fused-ring (bicyclic) bond motifs is 1. The number of hydrogen-bond donors (Lipinski definition) is 1. The number of nitrogens with two attached hydrogens (primary N) is 1. The number of amides is 1. The first-order valence-electron chi connectivity index (χ1n) is 5.33. The van der Waals surface area contributed by atoms with E-state index in [1.807, 2.05) is 6.92 Å². The molecule has 92 valence electrons. The second-order valence-electron chi connectivity index (χ2n) is 4.03. The van der Waals surface area contributed by atoms with Gasteiger partial charge in [-0.25, -0.2) is 8.42 Å². The van der Waals surface area contributed by atoms with Gasteiger partial charge in [0.15, 0.2) is 9.84 Å². The number of carbonyl (C=O) groups excluding carboxylic acids is 1. The van der Waals surface area contributed by atoms with Crippen LogP contribution >= 0.6 is 0 Å². The lowest BCUT2D eigenvalue weighted by Crippen LogP contribution is -2.32. The Bertz CT molecular complexity index is 566. The maximum atomic E-state index is 12.0. The third kappa shape index (κ3) is 2.12. The van der Waals surface area contributed by atoms with Crippen LogP contribution in [0.3, 0.4) is 0 Å². The normalized spacial score (nSPS) is 18.6. The van der Waals surface area contributed by atoms with E-state index in [4.69, 9.17) is 5.73 Å². The van der Waals surface area contributed by atoms with Gasteiger partial charge in [-0.3, -0.25) is 4.79 Å². The third-order valence-electron chi connectivity index (χ3n) is 2.83. The molecule has 0 bridgehead atoms. The number of benzene rings is 1. The van der Waals surface area contributed by atoms with Crippen LogP contribution in [0.1, 0.15) is 12.5 Å². The summed E-state index contributed by atoms with van der Waals surface area (Å²) in [6.07, 6.45) is 0. The fourth-order valence-corrected chi connectivity index (χ4v) is 3.40. The summed E-state index contributed by atoms with van der Waals surface area (Å²) in [5, 5.41) is 0. The summed E-state index contributed by atoms with van der Waals surface area (Å²) < 4.78 is 24.0. The molecular formula is C11H14N2O3S. The second-order valence-corrected chi connectivity index (χ2v) is 5.99. The maximum absolute atomic E-state index is 12.0. The van der Waals surface area contributed by atoms with Crippen molar-refractivity contribution in [3.63, 3.8) is 0 Å². The van der Waals surface area contributed by atoms with E-state index in [1.165, 1.54) is 11.0 Å². The minimum atomic E-state index is -3.53. The molecule has 1 aromatic carbocycles. The fraction of sp³-hybridized carbons (Fsp3) is 0.364. The molecule has 5 nitrogen and oxygen atoms in total. The highest BCUT2D eigenvalue weighted by atomic mass is 32.2. The summed E-state index contributed by atoms with van der Waals surface area (Å²) in [6.45, 7) is 2.61. The van der Waals surface area contributed by atoms with E-state index in [-0.39, 0.29) is 10.8 Å². The molecule has 0 aliphatic carbocycles. The molecule has 17 heavy (non-hydrogen) atoms. The van der Waals surface area contributed by atoms with Gasteiger partial charge in [-0.15, -0.1) is 0 Å². The number of nitrogens with zero attached hydrogens (tertiary/aromatic N) is 1. The Morgan fingerprint density at radius 3 is 2.76 bits per heavy atom. The zero-order valence-corrected chi connectivity index (χ0v) is 10.3. The molecule has 0 saturated heterocycles. The molecule has 0 fully saturated rings. The van der Waals surface area contributed by atoms with Crippen LogP contribution in [-0.4, -0.2) is 31.5 Å². The fourth-order valence-electron chi connectivity index (χ4n) is 1.94. The van der Waals surface area contributed by atoms with Gasteiger partial charge in [0.25, 0.3) is 0 Å². The molecule has 1 aliphatic rings. The zero-order valence-electron chi connectivity index (χ0n) is 9.51. The molecular weight excluding hydrogens is 240 g/mol. The van der Waals surface area contributed by atoms with Gasteiger partial charge in [0, 0.05) is 18.8 Å². The number of sulfone groups is 1. The van der Waals surface area contributed by atoms with Gasteiger partial charge < -0.3 is 10.6 Å². The molecule has 1 aliphatic heterocycles. The molecule has 0 saturated carbocycles. The minimum absolute atomic E-state index is 0.219. The quantitative estimate of drug-likeness (QED) is 0.736. The molecule has 1 heterocycles. The Hall–Kier alpha value is -1.56. The van der Waals surface area contributed by atoms with Crippen LogP contribution < -0.4 is 5.73 Å². The standard InChI is InChI=1S/C11H14N2O3S/c1-2-13-6-8-5-9(12)3-4-10(8)17(15,16)7-11(13)14/h3-5H,2,6-7,12H2,1H3. The largest absolute Gasteiger partial charge is 0.399 e. The topological polar surface area (TPSA) is 80.5 Å². The Balaban J connectivity index is 2.60. The van der Waals surface area contributed by atoms with E-state index >= 15 is 0 Å². The lowest BCUT2D eigenvalue weighted by atomic mass is 10.2. The molecule has 2 N–H and O–H groups in total. The first-order chi connectivity index (χ1) is 7.94. The number of carbonyl (C=O) groups is 1. The number of hydrogen-bond acceptors (Lipinski definition) is 4. The van der Waals surface area contributed by atoms with E-state index in [1.54, 1.807) is 12.1 Å². The van der Waals surface area contributed by atoms with E-state index in [0.29, 0.717) is 24.3 Å². The summed E-state index contributed by atoms with van der Waals surface area (Å²) in [6, 6.07) is 4.64. The first-order valence-corrected chi connectivity index (χ1v) is 6.98. The van der Waals surface area contributed by atoms with E-state index < -0.39 is 15.6 Å². The van der Waals surface area contributed by atoms with Crippen LogP contribution in [-0.2, 0) is 21.2 Å². The first kappa shape index (κ1) is 11.9. The van der Waals surface area contributed by atoms with Crippen molar-refractivity contribution in [3.05, 3.63) is 23.8 Å².